The molecule has 1 aromatic rings. The maximum atomic E-state index is 13.7. The topological polar surface area (TPSA) is 75.7 Å². The van der Waals surface area contributed by atoms with Gasteiger partial charge in [-0.05, 0) is 25.0 Å². The molecule has 6 heteroatoms. The second-order valence-corrected chi connectivity index (χ2v) is 3.70. The van der Waals surface area contributed by atoms with Gasteiger partial charge in [-0.25, -0.2) is 4.39 Å². The van der Waals surface area contributed by atoms with E-state index in [-0.39, 0.29) is 18.3 Å². The van der Waals surface area contributed by atoms with E-state index in [1.807, 2.05) is 0 Å². The molecule has 16 heavy (non-hydrogen) atoms. The van der Waals surface area contributed by atoms with Crippen LogP contribution in [0.4, 0.5) is 4.39 Å². The van der Waals surface area contributed by atoms with Crippen molar-refractivity contribution in [1.29, 1.82) is 0 Å². The predicted molar refractivity (Wildman–Crippen MR) is 59.4 cm³/mol. The van der Waals surface area contributed by atoms with Crippen molar-refractivity contribution in [3.63, 3.8) is 0 Å². The van der Waals surface area contributed by atoms with Crippen molar-refractivity contribution in [3.05, 3.63) is 29.6 Å². The summed E-state index contributed by atoms with van der Waals surface area (Å²) in [4.78, 5) is 0. The predicted octanol–water partition coefficient (Wildman–Crippen LogP) is 0.106. The van der Waals surface area contributed by atoms with Crippen LogP contribution < -0.4 is 10.5 Å². The lowest BCUT2D eigenvalue weighted by molar-refractivity contribution is 0.295. The molecule has 0 saturated carbocycles. The summed E-state index contributed by atoms with van der Waals surface area (Å²) in [6, 6.07) is 4.55. The van der Waals surface area contributed by atoms with Gasteiger partial charge in [0, 0.05) is 6.04 Å². The van der Waals surface area contributed by atoms with E-state index in [4.69, 9.17) is 20.5 Å². The van der Waals surface area contributed by atoms with Crippen molar-refractivity contribution in [2.24, 2.45) is 5.73 Å². The van der Waals surface area contributed by atoms with Gasteiger partial charge in [0.15, 0.2) is 11.6 Å². The lowest BCUT2D eigenvalue weighted by Crippen LogP contribution is -2.23. The van der Waals surface area contributed by atoms with Crippen molar-refractivity contribution in [2.45, 2.75) is 19.4 Å². The minimum atomic E-state index is -1.61. The summed E-state index contributed by atoms with van der Waals surface area (Å²) in [5.74, 6) is -0.494. The molecular weight excluding hydrogens is 212 g/mol. The van der Waals surface area contributed by atoms with Gasteiger partial charge in [0.2, 0.25) is 0 Å². The number of hydrogen-bond donors (Lipinski definition) is 3. The van der Waals surface area contributed by atoms with E-state index in [9.17, 15) is 4.39 Å². The minimum absolute atomic E-state index is 0.00579. The summed E-state index contributed by atoms with van der Waals surface area (Å²) < 4.78 is 18.6. The van der Waals surface area contributed by atoms with E-state index in [2.05, 4.69) is 0 Å². The Hall–Kier alpha value is -1.11. The van der Waals surface area contributed by atoms with Gasteiger partial charge in [0.25, 0.3) is 0 Å². The highest BCUT2D eigenvalue weighted by atomic mass is 19.1. The Labute approximate surface area is 94.0 Å². The quantitative estimate of drug-likeness (QED) is 0.624. The first-order valence-corrected chi connectivity index (χ1v) is 5.02. The highest BCUT2D eigenvalue weighted by molar-refractivity contribution is 6.40. The van der Waals surface area contributed by atoms with Crippen LogP contribution in [0.5, 0.6) is 5.75 Å². The number of benzene rings is 1. The SMILES string of the molecule is C[C@@H](N)Cc1cccc(OCB(O)O)c1F. The fourth-order valence-electron chi connectivity index (χ4n) is 1.34. The molecule has 88 valence electrons. The molecule has 4 nitrogen and oxygen atoms in total. The fourth-order valence-corrected chi connectivity index (χ4v) is 1.34. The van der Waals surface area contributed by atoms with Gasteiger partial charge in [0.05, 0.1) is 0 Å². The number of halogens is 1. The Kier molecular flexibility index (Phi) is 4.73. The monoisotopic (exact) mass is 227 g/mol. The van der Waals surface area contributed by atoms with Crippen LogP contribution in [0.15, 0.2) is 18.2 Å². The molecule has 0 heterocycles. The summed E-state index contributed by atoms with van der Waals surface area (Å²) in [5.41, 5.74) is 6.04. The molecule has 0 aliphatic carbocycles. The van der Waals surface area contributed by atoms with Gasteiger partial charge in [0.1, 0.15) is 6.51 Å². The van der Waals surface area contributed by atoms with Crippen LogP contribution in [0, 0.1) is 5.82 Å². The smallest absolute Gasteiger partial charge is 0.491 e. The molecule has 0 bridgehead atoms. The van der Waals surface area contributed by atoms with Crippen molar-refractivity contribution >= 4 is 7.12 Å². The number of nitrogens with two attached hydrogens (primary N) is 1. The first kappa shape index (κ1) is 13.0. The van der Waals surface area contributed by atoms with Crippen LogP contribution in [-0.4, -0.2) is 29.7 Å². The molecule has 1 aromatic carbocycles. The van der Waals surface area contributed by atoms with E-state index < -0.39 is 12.9 Å². The average molecular weight is 227 g/mol. The molecule has 0 unspecified atom stereocenters. The lowest BCUT2D eigenvalue weighted by atomic mass is 9.95. The molecule has 0 fully saturated rings. The lowest BCUT2D eigenvalue weighted by Gasteiger charge is -2.11. The van der Waals surface area contributed by atoms with Crippen LogP contribution >= 0.6 is 0 Å². The van der Waals surface area contributed by atoms with E-state index in [0.29, 0.717) is 12.0 Å². The Morgan fingerprint density at radius 2 is 2.19 bits per heavy atom. The highest BCUT2D eigenvalue weighted by Gasteiger charge is 2.13. The van der Waals surface area contributed by atoms with Crippen LogP contribution in [0.25, 0.3) is 0 Å². The van der Waals surface area contributed by atoms with Gasteiger partial charge in [-0.1, -0.05) is 12.1 Å². The largest absolute Gasteiger partial charge is 0.493 e. The van der Waals surface area contributed by atoms with Gasteiger partial charge in [-0.15, -0.1) is 0 Å². The molecule has 0 amide bonds. The number of hydrogen-bond acceptors (Lipinski definition) is 4. The van der Waals surface area contributed by atoms with Crippen LogP contribution in [0.3, 0.4) is 0 Å². The number of rotatable bonds is 5. The third-order valence-corrected chi connectivity index (χ3v) is 1.97. The van der Waals surface area contributed by atoms with Gasteiger partial charge < -0.3 is 20.5 Å². The molecule has 0 aliphatic rings. The van der Waals surface area contributed by atoms with Crippen molar-refractivity contribution < 1.29 is 19.2 Å². The van der Waals surface area contributed by atoms with Crippen molar-refractivity contribution in [2.75, 3.05) is 6.51 Å². The molecule has 0 saturated heterocycles. The Morgan fingerprint density at radius 3 is 2.75 bits per heavy atom. The number of ether oxygens (including phenoxy) is 1. The molecule has 1 rings (SSSR count). The van der Waals surface area contributed by atoms with Crippen LogP contribution in [-0.2, 0) is 6.42 Å². The van der Waals surface area contributed by atoms with E-state index in [0.717, 1.165) is 0 Å². The Balaban J connectivity index is 2.78. The summed E-state index contributed by atoms with van der Waals surface area (Å²) >= 11 is 0. The summed E-state index contributed by atoms with van der Waals surface area (Å²) in [6.45, 7) is 1.42. The van der Waals surface area contributed by atoms with E-state index in [1.54, 1.807) is 19.1 Å². The molecule has 0 aliphatic heterocycles. The van der Waals surface area contributed by atoms with E-state index in [1.165, 1.54) is 6.07 Å². The zero-order chi connectivity index (χ0) is 12.1. The van der Waals surface area contributed by atoms with Crippen LogP contribution in [0.2, 0.25) is 0 Å². The van der Waals surface area contributed by atoms with Crippen molar-refractivity contribution in [3.8, 4) is 5.75 Å². The molecule has 0 spiro atoms. The third kappa shape index (κ3) is 3.81. The molecule has 4 N–H and O–H groups in total. The zero-order valence-corrected chi connectivity index (χ0v) is 9.06. The van der Waals surface area contributed by atoms with Crippen LogP contribution in [0.1, 0.15) is 12.5 Å². The molecule has 0 radical (unpaired) electrons. The van der Waals surface area contributed by atoms with Gasteiger partial charge >= 0.3 is 7.12 Å². The maximum Gasteiger partial charge on any atom is 0.491 e. The summed E-state index contributed by atoms with van der Waals surface area (Å²) in [5, 5.41) is 17.2. The van der Waals surface area contributed by atoms with Crippen molar-refractivity contribution in [1.82, 2.24) is 0 Å². The average Bonchev–Trinajstić information content (AvgIpc) is 2.18. The second-order valence-electron chi connectivity index (χ2n) is 3.70. The first-order valence-electron chi connectivity index (χ1n) is 5.02. The maximum absolute atomic E-state index is 13.7. The molecule has 1 atom stereocenters. The summed E-state index contributed by atoms with van der Waals surface area (Å²) in [7, 11) is -1.61. The normalized spacial score (nSPS) is 12.3. The minimum Gasteiger partial charge on any atom is -0.493 e. The Morgan fingerprint density at radius 1 is 1.50 bits per heavy atom. The zero-order valence-electron chi connectivity index (χ0n) is 9.06. The standard InChI is InChI=1S/C10H15BFNO3/c1-7(13)5-8-3-2-4-9(10(8)12)16-6-11(14)15/h2-4,7,14-15H,5-6,13H2,1H3/t7-/m1/s1. The fraction of sp³-hybridized carbons (Fsp3) is 0.400. The first-order chi connectivity index (χ1) is 7.50. The van der Waals surface area contributed by atoms with Gasteiger partial charge in [-0.3, -0.25) is 0 Å². The second kappa shape index (κ2) is 5.84. The molecule has 0 aromatic heterocycles. The highest BCUT2D eigenvalue weighted by Crippen LogP contribution is 2.21. The van der Waals surface area contributed by atoms with E-state index >= 15 is 0 Å². The Bertz CT molecular complexity index is 347. The molecular formula is C10H15BFNO3. The summed E-state index contributed by atoms with van der Waals surface area (Å²) in [6.07, 6.45) is 0.407. The van der Waals surface area contributed by atoms with Gasteiger partial charge in [-0.2, -0.15) is 0 Å². The third-order valence-electron chi connectivity index (χ3n) is 1.97.